The molecule has 3 rings (SSSR count). The van der Waals surface area contributed by atoms with Crippen LogP contribution in [0.5, 0.6) is 0 Å². The topological polar surface area (TPSA) is 116 Å². The zero-order valence-corrected chi connectivity index (χ0v) is 17.1. The highest BCUT2D eigenvalue weighted by Crippen LogP contribution is 2.32. The molecular weight excluding hydrogens is 384 g/mol. The molecule has 0 aliphatic rings. The molecule has 0 aliphatic carbocycles. The average molecular weight is 405 g/mol. The smallest absolute Gasteiger partial charge is 0.258 e. The number of hydrogen-bond acceptors (Lipinski definition) is 7. The third-order valence-electron chi connectivity index (χ3n) is 3.75. The van der Waals surface area contributed by atoms with E-state index in [-0.39, 0.29) is 17.7 Å². The van der Waals surface area contributed by atoms with Crippen molar-refractivity contribution in [2.75, 3.05) is 11.1 Å². The van der Waals surface area contributed by atoms with Crippen LogP contribution in [0.4, 0.5) is 5.13 Å². The van der Waals surface area contributed by atoms with Crippen LogP contribution in [-0.4, -0.2) is 37.3 Å². The number of thioether (sulfide) groups is 1. The number of aromatic nitrogens is 4. The predicted octanol–water partition coefficient (Wildman–Crippen LogP) is 2.92. The molecule has 0 radical (unpaired) electrons. The number of pyridine rings is 1. The van der Waals surface area contributed by atoms with Crippen molar-refractivity contribution in [3.8, 4) is 0 Å². The van der Waals surface area contributed by atoms with E-state index in [2.05, 4.69) is 20.4 Å². The highest BCUT2D eigenvalue weighted by molar-refractivity contribution is 8.01. The van der Waals surface area contributed by atoms with Gasteiger partial charge in [-0.1, -0.05) is 11.3 Å². The molecule has 27 heavy (non-hydrogen) atoms. The number of nitrogens with two attached hydrogens (primary N) is 1. The molecule has 0 fully saturated rings. The van der Waals surface area contributed by atoms with E-state index in [0.29, 0.717) is 21.7 Å². The van der Waals surface area contributed by atoms with Crippen molar-refractivity contribution in [1.29, 1.82) is 0 Å². The van der Waals surface area contributed by atoms with Gasteiger partial charge in [0.25, 0.3) is 5.91 Å². The van der Waals surface area contributed by atoms with E-state index >= 15 is 0 Å². The SMILES string of the molecule is Cc1cc(C(=O)Nc2nc(C)c(SCC(N)=O)s2)c2cnn(C(C)C)c2n1. The van der Waals surface area contributed by atoms with Crippen LogP contribution in [0.1, 0.15) is 41.6 Å². The molecule has 3 heterocycles. The molecule has 142 valence electrons. The Balaban J connectivity index is 1.89. The Hall–Kier alpha value is -2.46. The summed E-state index contributed by atoms with van der Waals surface area (Å²) in [5, 5.41) is 8.37. The Morgan fingerprint density at radius 3 is 2.74 bits per heavy atom. The van der Waals surface area contributed by atoms with Gasteiger partial charge in [-0.05, 0) is 33.8 Å². The van der Waals surface area contributed by atoms with Crippen LogP contribution in [-0.2, 0) is 4.79 Å². The standard InChI is InChI=1S/C17H20N6O2S2/c1-8(2)23-14-12(6-19-23)11(5-9(3)20-14)15(25)22-17-21-10(4)16(27-17)26-7-13(18)24/h5-6,8H,7H2,1-4H3,(H2,18,24)(H,21,22,25). The molecule has 3 aromatic heterocycles. The normalized spacial score (nSPS) is 11.3. The molecule has 8 nitrogen and oxygen atoms in total. The summed E-state index contributed by atoms with van der Waals surface area (Å²) in [7, 11) is 0. The van der Waals surface area contributed by atoms with Crippen molar-refractivity contribution in [3.05, 3.63) is 29.2 Å². The summed E-state index contributed by atoms with van der Waals surface area (Å²) in [5.41, 5.74) is 7.87. The van der Waals surface area contributed by atoms with E-state index in [4.69, 9.17) is 5.73 Å². The molecule has 0 unspecified atom stereocenters. The second kappa shape index (κ2) is 7.65. The number of aryl methyl sites for hydroxylation is 2. The number of nitrogens with zero attached hydrogens (tertiary/aromatic N) is 4. The van der Waals surface area contributed by atoms with Crippen molar-refractivity contribution in [2.24, 2.45) is 5.73 Å². The number of nitrogens with one attached hydrogen (secondary N) is 1. The van der Waals surface area contributed by atoms with Gasteiger partial charge in [0.05, 0.1) is 32.8 Å². The quantitative estimate of drug-likeness (QED) is 0.610. The number of primary amides is 1. The predicted molar refractivity (Wildman–Crippen MR) is 107 cm³/mol. The maximum absolute atomic E-state index is 12.9. The molecule has 0 aliphatic heterocycles. The first-order valence-electron chi connectivity index (χ1n) is 8.31. The Kier molecular flexibility index (Phi) is 5.47. The third-order valence-corrected chi connectivity index (χ3v) is 6.21. The van der Waals surface area contributed by atoms with E-state index in [1.165, 1.54) is 23.1 Å². The minimum absolute atomic E-state index is 0.138. The zero-order valence-electron chi connectivity index (χ0n) is 15.4. The Morgan fingerprint density at radius 1 is 1.33 bits per heavy atom. The zero-order chi connectivity index (χ0) is 19.7. The Bertz CT molecular complexity index is 1020. The monoisotopic (exact) mass is 404 g/mol. The van der Waals surface area contributed by atoms with Gasteiger partial charge in [-0.15, -0.1) is 11.8 Å². The summed E-state index contributed by atoms with van der Waals surface area (Å²) in [4.78, 5) is 32.7. The number of rotatable bonds is 6. The van der Waals surface area contributed by atoms with Crippen LogP contribution in [0.25, 0.3) is 11.0 Å². The number of amides is 2. The lowest BCUT2D eigenvalue weighted by Crippen LogP contribution is -2.13. The first-order chi connectivity index (χ1) is 12.8. The van der Waals surface area contributed by atoms with Gasteiger partial charge < -0.3 is 5.73 Å². The number of fused-ring (bicyclic) bond motifs is 1. The van der Waals surface area contributed by atoms with Gasteiger partial charge in [-0.25, -0.2) is 14.6 Å². The van der Waals surface area contributed by atoms with Crippen molar-refractivity contribution in [1.82, 2.24) is 19.7 Å². The summed E-state index contributed by atoms with van der Waals surface area (Å²) < 4.78 is 2.65. The number of carbonyl (C=O) groups excluding carboxylic acids is 2. The van der Waals surface area contributed by atoms with Crippen LogP contribution in [0.2, 0.25) is 0 Å². The van der Waals surface area contributed by atoms with Crippen molar-refractivity contribution < 1.29 is 9.59 Å². The molecule has 2 amide bonds. The van der Waals surface area contributed by atoms with Gasteiger partial charge in [0.1, 0.15) is 0 Å². The number of carbonyl (C=O) groups is 2. The van der Waals surface area contributed by atoms with Crippen LogP contribution >= 0.6 is 23.1 Å². The summed E-state index contributed by atoms with van der Waals surface area (Å²) in [6, 6.07) is 1.88. The number of hydrogen-bond donors (Lipinski definition) is 2. The Morgan fingerprint density at radius 2 is 2.07 bits per heavy atom. The minimum atomic E-state index is -0.393. The van der Waals surface area contributed by atoms with Gasteiger partial charge in [0, 0.05) is 11.7 Å². The fourth-order valence-electron chi connectivity index (χ4n) is 2.58. The lowest BCUT2D eigenvalue weighted by Gasteiger charge is -2.08. The second-order valence-electron chi connectivity index (χ2n) is 6.33. The molecule has 0 atom stereocenters. The summed E-state index contributed by atoms with van der Waals surface area (Å²) in [6.07, 6.45) is 1.66. The molecule has 3 N–H and O–H groups in total. The van der Waals surface area contributed by atoms with E-state index in [9.17, 15) is 9.59 Å². The maximum atomic E-state index is 12.9. The van der Waals surface area contributed by atoms with E-state index in [1.807, 2.05) is 27.7 Å². The van der Waals surface area contributed by atoms with Crippen molar-refractivity contribution in [2.45, 2.75) is 37.9 Å². The first kappa shape index (κ1) is 19.3. The summed E-state index contributed by atoms with van der Waals surface area (Å²) >= 11 is 2.64. The molecule has 0 saturated carbocycles. The molecule has 3 aromatic rings. The first-order valence-corrected chi connectivity index (χ1v) is 10.1. The lowest BCUT2D eigenvalue weighted by atomic mass is 10.1. The molecular formula is C17H20N6O2S2. The van der Waals surface area contributed by atoms with Crippen LogP contribution in [0.3, 0.4) is 0 Å². The van der Waals surface area contributed by atoms with E-state index < -0.39 is 5.91 Å². The summed E-state index contributed by atoms with van der Waals surface area (Å²) in [5.74, 6) is -0.487. The van der Waals surface area contributed by atoms with Crippen LogP contribution in [0, 0.1) is 13.8 Å². The van der Waals surface area contributed by atoms with Crippen LogP contribution in [0.15, 0.2) is 16.5 Å². The minimum Gasteiger partial charge on any atom is -0.369 e. The van der Waals surface area contributed by atoms with E-state index in [0.717, 1.165) is 15.6 Å². The van der Waals surface area contributed by atoms with Gasteiger partial charge in [0.2, 0.25) is 5.91 Å². The fourth-order valence-corrected chi connectivity index (χ4v) is 4.45. The lowest BCUT2D eigenvalue weighted by molar-refractivity contribution is -0.115. The molecule has 10 heteroatoms. The van der Waals surface area contributed by atoms with Crippen molar-refractivity contribution in [3.63, 3.8) is 0 Å². The fraction of sp³-hybridized carbons (Fsp3) is 0.353. The number of anilines is 1. The second-order valence-corrected chi connectivity index (χ2v) is 8.58. The highest BCUT2D eigenvalue weighted by atomic mass is 32.2. The van der Waals surface area contributed by atoms with E-state index in [1.54, 1.807) is 16.9 Å². The maximum Gasteiger partial charge on any atom is 0.258 e. The van der Waals surface area contributed by atoms with Gasteiger partial charge in [-0.2, -0.15) is 5.10 Å². The van der Waals surface area contributed by atoms with Gasteiger partial charge >= 0.3 is 0 Å². The molecule has 0 spiro atoms. The van der Waals surface area contributed by atoms with Gasteiger partial charge in [-0.3, -0.25) is 14.9 Å². The molecule has 0 aromatic carbocycles. The van der Waals surface area contributed by atoms with Gasteiger partial charge in [0.15, 0.2) is 10.8 Å². The molecule has 0 saturated heterocycles. The Labute approximate surface area is 164 Å². The largest absolute Gasteiger partial charge is 0.369 e. The van der Waals surface area contributed by atoms with Crippen molar-refractivity contribution >= 4 is 51.1 Å². The molecule has 0 bridgehead atoms. The van der Waals surface area contributed by atoms with Crippen LogP contribution < -0.4 is 11.1 Å². The average Bonchev–Trinajstić information content (AvgIpc) is 3.15. The highest BCUT2D eigenvalue weighted by Gasteiger charge is 2.19. The third kappa shape index (κ3) is 4.11. The number of thiazole rings is 1. The summed E-state index contributed by atoms with van der Waals surface area (Å²) in [6.45, 7) is 7.70.